The fourth-order valence-electron chi connectivity index (χ4n) is 2.60. The highest BCUT2D eigenvalue weighted by Crippen LogP contribution is 2.27. The molecule has 3 aromatic rings. The van der Waals surface area contributed by atoms with Crippen molar-refractivity contribution in [2.75, 3.05) is 13.7 Å². The van der Waals surface area contributed by atoms with Gasteiger partial charge in [0.25, 0.3) is 5.91 Å². The normalized spacial score (nSPS) is 10.6. The number of nitrogens with zero attached hydrogens (tertiary/aromatic N) is 2. The standard InChI is InChI=1S/C21H22N2O3S2/c1-3-15-6-8-16(9-7-15)12-23(2)19(24)13-26-20(25)11-17-14-28-21(22-17)18-5-4-10-27-18/h4-10,14H,3,11-13H2,1-2H3. The third kappa shape index (κ3) is 5.50. The Kier molecular flexibility index (Phi) is 6.95. The van der Waals surface area contributed by atoms with Crippen molar-refractivity contribution in [2.24, 2.45) is 0 Å². The Labute approximate surface area is 172 Å². The van der Waals surface area contributed by atoms with Crippen molar-refractivity contribution < 1.29 is 14.3 Å². The minimum atomic E-state index is -0.447. The number of hydrogen-bond acceptors (Lipinski definition) is 6. The zero-order chi connectivity index (χ0) is 19.9. The smallest absolute Gasteiger partial charge is 0.312 e. The number of ether oxygens (including phenoxy) is 1. The van der Waals surface area contributed by atoms with Crippen LogP contribution in [0.2, 0.25) is 0 Å². The number of esters is 1. The molecule has 0 bridgehead atoms. The Bertz CT molecular complexity index is 918. The van der Waals surface area contributed by atoms with E-state index in [9.17, 15) is 9.59 Å². The van der Waals surface area contributed by atoms with E-state index in [0.29, 0.717) is 12.2 Å². The fraction of sp³-hybridized carbons (Fsp3) is 0.286. The molecule has 0 N–H and O–H groups in total. The van der Waals surface area contributed by atoms with E-state index in [4.69, 9.17) is 4.74 Å². The summed E-state index contributed by atoms with van der Waals surface area (Å²) in [4.78, 5) is 31.4. The minimum Gasteiger partial charge on any atom is -0.455 e. The molecule has 1 amide bonds. The second-order valence-corrected chi connectivity index (χ2v) is 8.18. The summed E-state index contributed by atoms with van der Waals surface area (Å²) >= 11 is 3.11. The molecule has 0 saturated carbocycles. The first-order valence-corrected chi connectivity index (χ1v) is 10.8. The van der Waals surface area contributed by atoms with Crippen LogP contribution >= 0.6 is 22.7 Å². The van der Waals surface area contributed by atoms with Gasteiger partial charge in [-0.25, -0.2) is 4.98 Å². The Hall–Kier alpha value is -2.51. The largest absolute Gasteiger partial charge is 0.455 e. The van der Waals surface area contributed by atoms with Crippen LogP contribution in [0.15, 0.2) is 47.2 Å². The number of carbonyl (C=O) groups excluding carboxylic acids is 2. The average Bonchev–Trinajstić information content (AvgIpc) is 3.38. The average molecular weight is 415 g/mol. The van der Waals surface area contributed by atoms with Gasteiger partial charge >= 0.3 is 5.97 Å². The van der Waals surface area contributed by atoms with Gasteiger partial charge in [0.05, 0.1) is 17.0 Å². The molecular weight excluding hydrogens is 392 g/mol. The number of carbonyl (C=O) groups is 2. The molecule has 0 unspecified atom stereocenters. The molecule has 0 spiro atoms. The van der Waals surface area contributed by atoms with Crippen molar-refractivity contribution in [1.82, 2.24) is 9.88 Å². The van der Waals surface area contributed by atoms with E-state index in [0.717, 1.165) is 21.9 Å². The summed E-state index contributed by atoms with van der Waals surface area (Å²) in [6, 6.07) is 12.1. The van der Waals surface area contributed by atoms with Crippen LogP contribution in [0.1, 0.15) is 23.7 Å². The molecule has 0 aliphatic rings. The number of rotatable bonds is 8. The molecule has 146 valence electrons. The van der Waals surface area contributed by atoms with Crippen molar-refractivity contribution in [3.63, 3.8) is 0 Å². The Morgan fingerprint density at radius 1 is 1.11 bits per heavy atom. The highest BCUT2D eigenvalue weighted by molar-refractivity contribution is 7.20. The maximum Gasteiger partial charge on any atom is 0.312 e. The Balaban J connectivity index is 1.45. The number of benzene rings is 1. The van der Waals surface area contributed by atoms with Gasteiger partial charge in [0.1, 0.15) is 5.01 Å². The number of aryl methyl sites for hydroxylation is 1. The Morgan fingerprint density at radius 2 is 1.86 bits per heavy atom. The molecule has 3 rings (SSSR count). The molecule has 0 aliphatic heterocycles. The molecular formula is C21H22N2O3S2. The second-order valence-electron chi connectivity index (χ2n) is 6.38. The predicted molar refractivity (Wildman–Crippen MR) is 112 cm³/mol. The highest BCUT2D eigenvalue weighted by Gasteiger charge is 2.15. The highest BCUT2D eigenvalue weighted by atomic mass is 32.1. The van der Waals surface area contributed by atoms with E-state index in [1.165, 1.54) is 16.9 Å². The van der Waals surface area contributed by atoms with Gasteiger partial charge in [-0.1, -0.05) is 37.3 Å². The van der Waals surface area contributed by atoms with Crippen LogP contribution in [-0.2, 0) is 33.7 Å². The van der Waals surface area contributed by atoms with Gasteiger partial charge in [-0.05, 0) is 29.0 Å². The summed E-state index contributed by atoms with van der Waals surface area (Å²) in [6.07, 6.45) is 1.05. The third-order valence-corrected chi connectivity index (χ3v) is 6.17. The summed E-state index contributed by atoms with van der Waals surface area (Å²) in [5.41, 5.74) is 2.97. The first-order chi connectivity index (χ1) is 13.5. The molecule has 5 nitrogen and oxygen atoms in total. The zero-order valence-electron chi connectivity index (χ0n) is 15.9. The first kappa shape index (κ1) is 20.2. The number of thiophene rings is 1. The van der Waals surface area contributed by atoms with Gasteiger partial charge in [-0.2, -0.15) is 0 Å². The van der Waals surface area contributed by atoms with Crippen LogP contribution in [0.4, 0.5) is 0 Å². The molecule has 1 aromatic carbocycles. The van der Waals surface area contributed by atoms with E-state index >= 15 is 0 Å². The van der Waals surface area contributed by atoms with Crippen molar-refractivity contribution in [1.29, 1.82) is 0 Å². The fourth-order valence-corrected chi connectivity index (χ4v) is 4.23. The predicted octanol–water partition coefficient (Wildman–Crippen LogP) is 4.18. The van der Waals surface area contributed by atoms with Crippen molar-refractivity contribution in [3.8, 4) is 9.88 Å². The van der Waals surface area contributed by atoms with Gasteiger partial charge in [0.15, 0.2) is 6.61 Å². The van der Waals surface area contributed by atoms with Crippen LogP contribution < -0.4 is 0 Å². The van der Waals surface area contributed by atoms with Crippen LogP contribution in [0.3, 0.4) is 0 Å². The van der Waals surface area contributed by atoms with Crippen LogP contribution in [0, 0.1) is 0 Å². The number of hydrogen-bond donors (Lipinski definition) is 0. The number of aromatic nitrogens is 1. The summed E-state index contributed by atoms with van der Waals surface area (Å²) in [7, 11) is 1.71. The van der Waals surface area contributed by atoms with Gasteiger partial charge in [-0.15, -0.1) is 22.7 Å². The van der Waals surface area contributed by atoms with Crippen molar-refractivity contribution in [2.45, 2.75) is 26.3 Å². The topological polar surface area (TPSA) is 59.5 Å². The SMILES string of the molecule is CCc1ccc(CN(C)C(=O)COC(=O)Cc2csc(-c3cccs3)n2)cc1. The van der Waals surface area contributed by atoms with E-state index in [1.54, 1.807) is 23.3 Å². The van der Waals surface area contributed by atoms with Gasteiger partial charge < -0.3 is 9.64 Å². The molecule has 2 aromatic heterocycles. The van der Waals surface area contributed by atoms with Crippen LogP contribution in [0.25, 0.3) is 9.88 Å². The quantitative estimate of drug-likeness (QED) is 0.519. The third-order valence-electron chi connectivity index (χ3n) is 4.24. The number of amides is 1. The molecule has 7 heteroatoms. The lowest BCUT2D eigenvalue weighted by Gasteiger charge is -2.17. The summed E-state index contributed by atoms with van der Waals surface area (Å²) in [5.74, 6) is -0.678. The van der Waals surface area contributed by atoms with E-state index < -0.39 is 5.97 Å². The lowest BCUT2D eigenvalue weighted by atomic mass is 10.1. The molecule has 28 heavy (non-hydrogen) atoms. The Morgan fingerprint density at radius 3 is 2.54 bits per heavy atom. The zero-order valence-corrected chi connectivity index (χ0v) is 17.5. The maximum atomic E-state index is 12.2. The lowest BCUT2D eigenvalue weighted by molar-refractivity contribution is -0.151. The molecule has 0 fully saturated rings. The monoisotopic (exact) mass is 414 g/mol. The lowest BCUT2D eigenvalue weighted by Crippen LogP contribution is -2.31. The van der Waals surface area contributed by atoms with Gasteiger partial charge in [0, 0.05) is 19.0 Å². The van der Waals surface area contributed by atoms with Crippen molar-refractivity contribution >= 4 is 34.6 Å². The molecule has 0 atom stereocenters. The van der Waals surface area contributed by atoms with E-state index in [2.05, 4.69) is 24.0 Å². The number of likely N-dealkylation sites (N-methyl/N-ethyl adjacent to an activating group) is 1. The summed E-state index contributed by atoms with van der Waals surface area (Å²) in [6.45, 7) is 2.33. The van der Waals surface area contributed by atoms with Crippen LogP contribution in [-0.4, -0.2) is 35.4 Å². The molecule has 0 aliphatic carbocycles. The van der Waals surface area contributed by atoms with Crippen molar-refractivity contribution in [3.05, 3.63) is 64.0 Å². The van der Waals surface area contributed by atoms with Gasteiger partial charge in [-0.3, -0.25) is 9.59 Å². The molecule has 2 heterocycles. The molecule has 0 saturated heterocycles. The van der Waals surface area contributed by atoms with Gasteiger partial charge in [0.2, 0.25) is 0 Å². The minimum absolute atomic E-state index is 0.0668. The second kappa shape index (κ2) is 9.61. The van der Waals surface area contributed by atoms with Crippen LogP contribution in [0.5, 0.6) is 0 Å². The first-order valence-electron chi connectivity index (χ1n) is 9.01. The maximum absolute atomic E-state index is 12.2. The van der Waals surface area contributed by atoms with E-state index in [1.807, 2.05) is 35.0 Å². The number of thiazole rings is 1. The summed E-state index contributed by atoms with van der Waals surface area (Å²) in [5, 5.41) is 4.73. The molecule has 0 radical (unpaired) electrons. The summed E-state index contributed by atoms with van der Waals surface area (Å²) < 4.78 is 5.14. The van der Waals surface area contributed by atoms with E-state index in [-0.39, 0.29) is 18.9 Å².